The molecule has 20 heavy (non-hydrogen) atoms. The topological polar surface area (TPSA) is 103 Å². The minimum Gasteiger partial charge on any atom is -0.310 e. The van der Waals surface area contributed by atoms with Crippen LogP contribution in [0.1, 0.15) is 5.69 Å². The van der Waals surface area contributed by atoms with Gasteiger partial charge in [0, 0.05) is 33.2 Å². The summed E-state index contributed by atoms with van der Waals surface area (Å²) in [5, 5.41) is 9.36. The second-order valence-corrected chi connectivity index (χ2v) is 6.95. The Morgan fingerprint density at radius 1 is 1.40 bits per heavy atom. The molecule has 0 unspecified atom stereocenters. The monoisotopic (exact) mass is 303 g/mol. The summed E-state index contributed by atoms with van der Waals surface area (Å²) in [6.07, 6.45) is 1.41. The summed E-state index contributed by atoms with van der Waals surface area (Å²) in [5.74, 6) is 0. The van der Waals surface area contributed by atoms with Crippen LogP contribution in [0.15, 0.2) is 6.20 Å². The maximum absolute atomic E-state index is 12.7. The predicted octanol–water partition coefficient (Wildman–Crippen LogP) is 0.247. The first-order chi connectivity index (χ1) is 9.50. The molecule has 3 heterocycles. The summed E-state index contributed by atoms with van der Waals surface area (Å²) in [5.41, 5.74) is 0.561. The highest BCUT2D eigenvalue weighted by atomic mass is 31.2. The quantitative estimate of drug-likeness (QED) is 0.305. The van der Waals surface area contributed by atoms with Gasteiger partial charge in [0.05, 0.1) is 18.5 Å². The molecule has 10 nitrogen and oxygen atoms in total. The summed E-state index contributed by atoms with van der Waals surface area (Å²) in [6.45, 7) is 3.16. The van der Waals surface area contributed by atoms with Crippen molar-refractivity contribution in [3.05, 3.63) is 22.0 Å². The van der Waals surface area contributed by atoms with Gasteiger partial charge in [0.2, 0.25) is 0 Å². The molecule has 0 amide bonds. The van der Waals surface area contributed by atoms with Gasteiger partial charge in [0.25, 0.3) is 6.01 Å². The van der Waals surface area contributed by atoms with Gasteiger partial charge in [-0.15, -0.1) is 10.1 Å². The van der Waals surface area contributed by atoms with Crippen LogP contribution in [-0.4, -0.2) is 50.2 Å². The van der Waals surface area contributed by atoms with E-state index in [4.69, 9.17) is 4.52 Å². The van der Waals surface area contributed by atoms with E-state index in [-0.39, 0.29) is 12.6 Å². The normalized spacial score (nSPS) is 19.1. The van der Waals surface area contributed by atoms with Gasteiger partial charge < -0.3 is 4.57 Å². The average Bonchev–Trinajstić information content (AvgIpc) is 3.28. The molecule has 0 aliphatic carbocycles. The zero-order valence-corrected chi connectivity index (χ0v) is 11.7. The predicted molar refractivity (Wildman–Crippen MR) is 66.4 cm³/mol. The Kier molecular flexibility index (Phi) is 3.25. The number of nitrogens with zero attached hydrogens (tertiary/aromatic N) is 5. The van der Waals surface area contributed by atoms with E-state index in [1.54, 1.807) is 16.4 Å². The molecule has 0 aromatic carbocycles. The van der Waals surface area contributed by atoms with E-state index >= 15 is 0 Å². The highest BCUT2D eigenvalue weighted by Crippen LogP contribution is 2.61. The lowest BCUT2D eigenvalue weighted by Gasteiger charge is -2.19. The van der Waals surface area contributed by atoms with Gasteiger partial charge in [-0.1, -0.05) is 0 Å². The number of imidazole rings is 1. The number of hydrogen-bond donors (Lipinski definition) is 0. The largest absolute Gasteiger partial charge is 0.346 e. The van der Waals surface area contributed by atoms with E-state index in [9.17, 15) is 14.7 Å². The van der Waals surface area contributed by atoms with Crippen LogP contribution in [0, 0.1) is 10.1 Å². The van der Waals surface area contributed by atoms with E-state index in [2.05, 4.69) is 9.82 Å². The van der Waals surface area contributed by atoms with Gasteiger partial charge in [-0.2, -0.15) is 0 Å². The number of hydrogen-bond acceptors (Lipinski definition) is 6. The first-order valence-electron chi connectivity index (χ1n) is 6.09. The van der Waals surface area contributed by atoms with E-state index in [0.29, 0.717) is 5.69 Å². The van der Waals surface area contributed by atoms with E-state index in [1.807, 2.05) is 0 Å². The fourth-order valence-electron chi connectivity index (χ4n) is 1.80. The highest BCUT2D eigenvalue weighted by Gasteiger charge is 2.49. The van der Waals surface area contributed by atoms with Crippen LogP contribution in [-0.2, 0) is 22.7 Å². The molecular formula is C9H14N5O5P. The van der Waals surface area contributed by atoms with Crippen molar-refractivity contribution in [1.29, 1.82) is 0 Å². The number of rotatable bonds is 7. The third-order valence-electron chi connectivity index (χ3n) is 3.14. The summed E-state index contributed by atoms with van der Waals surface area (Å²) >= 11 is 0. The smallest absolute Gasteiger partial charge is 0.310 e. The molecule has 0 N–H and O–H groups in total. The fourth-order valence-corrected chi connectivity index (χ4v) is 3.97. The second-order valence-electron chi connectivity index (χ2n) is 4.58. The van der Waals surface area contributed by atoms with Gasteiger partial charge in [-0.05, 0) is 0 Å². The van der Waals surface area contributed by atoms with Crippen molar-refractivity contribution >= 4 is 7.67 Å². The van der Waals surface area contributed by atoms with Crippen LogP contribution < -0.4 is 4.84 Å². The average molecular weight is 303 g/mol. The Balaban J connectivity index is 1.67. The standard InChI is InChI=1S/C9H14N5O5P/c1-11-8(6-10-9(11)19-14(15)16)7-18-20(17,12-2-3-12)13-4-5-13/h6H,2-5,7H2,1H3. The molecule has 3 rings (SSSR count). The third kappa shape index (κ3) is 2.55. The molecule has 0 atom stereocenters. The molecule has 2 aliphatic rings. The Hall–Kier alpha value is -1.48. The van der Waals surface area contributed by atoms with Crippen LogP contribution in [0.3, 0.4) is 0 Å². The lowest BCUT2D eigenvalue weighted by atomic mass is 10.5. The van der Waals surface area contributed by atoms with Crippen molar-refractivity contribution < 1.29 is 19.0 Å². The zero-order chi connectivity index (χ0) is 14.3. The molecule has 2 saturated heterocycles. The summed E-state index contributed by atoms with van der Waals surface area (Å²) in [6, 6.07) is -0.137. The Bertz CT molecular complexity index is 565. The highest BCUT2D eigenvalue weighted by molar-refractivity contribution is 7.54. The molecule has 0 spiro atoms. The van der Waals surface area contributed by atoms with Crippen molar-refractivity contribution in [1.82, 2.24) is 18.9 Å². The van der Waals surface area contributed by atoms with Crippen molar-refractivity contribution in [3.8, 4) is 6.01 Å². The molecule has 110 valence electrons. The van der Waals surface area contributed by atoms with Gasteiger partial charge >= 0.3 is 12.8 Å². The Labute approximate surface area is 114 Å². The van der Waals surface area contributed by atoms with Crippen LogP contribution in [0.25, 0.3) is 0 Å². The first-order valence-corrected chi connectivity index (χ1v) is 7.62. The first kappa shape index (κ1) is 13.5. The summed E-state index contributed by atoms with van der Waals surface area (Å²) in [7, 11) is -1.32. The molecule has 0 saturated carbocycles. The number of aromatic nitrogens is 2. The van der Waals surface area contributed by atoms with Gasteiger partial charge in [0.1, 0.15) is 0 Å². The molecule has 1 aromatic heterocycles. The van der Waals surface area contributed by atoms with Crippen molar-refractivity contribution in [3.63, 3.8) is 0 Å². The zero-order valence-electron chi connectivity index (χ0n) is 10.8. The Morgan fingerprint density at radius 3 is 2.50 bits per heavy atom. The van der Waals surface area contributed by atoms with Crippen LogP contribution in [0.4, 0.5) is 0 Å². The van der Waals surface area contributed by atoms with Crippen molar-refractivity contribution in [2.24, 2.45) is 7.05 Å². The van der Waals surface area contributed by atoms with Crippen LogP contribution >= 0.6 is 7.67 Å². The van der Waals surface area contributed by atoms with Gasteiger partial charge in [0.15, 0.2) is 0 Å². The fraction of sp³-hybridized carbons (Fsp3) is 0.667. The Morgan fingerprint density at radius 2 is 2.00 bits per heavy atom. The molecule has 2 aliphatic heterocycles. The van der Waals surface area contributed by atoms with Crippen molar-refractivity contribution in [2.75, 3.05) is 26.2 Å². The van der Waals surface area contributed by atoms with Crippen LogP contribution in [0.2, 0.25) is 0 Å². The molecule has 0 radical (unpaired) electrons. The third-order valence-corrected chi connectivity index (χ3v) is 5.84. The van der Waals surface area contributed by atoms with Crippen LogP contribution in [0.5, 0.6) is 6.01 Å². The molecule has 11 heteroatoms. The molecule has 0 bridgehead atoms. The maximum atomic E-state index is 12.7. The summed E-state index contributed by atoms with van der Waals surface area (Å²) in [4.78, 5) is 18.4. The van der Waals surface area contributed by atoms with Gasteiger partial charge in [-0.25, -0.2) is 19.2 Å². The van der Waals surface area contributed by atoms with Gasteiger partial charge in [-0.3, -0.25) is 9.09 Å². The minimum absolute atomic E-state index is 0.0643. The van der Waals surface area contributed by atoms with E-state index in [0.717, 1.165) is 26.2 Å². The van der Waals surface area contributed by atoms with Crippen molar-refractivity contribution in [2.45, 2.75) is 6.61 Å². The maximum Gasteiger partial charge on any atom is 0.346 e. The molecule has 2 fully saturated rings. The minimum atomic E-state index is -2.89. The SMILES string of the molecule is Cn1c(COP(=O)(N2CC2)N2CC2)cnc1O[N+](=O)[O-]. The molecular weight excluding hydrogens is 289 g/mol. The molecule has 1 aromatic rings. The summed E-state index contributed by atoms with van der Waals surface area (Å²) < 4.78 is 23.2. The lowest BCUT2D eigenvalue weighted by Crippen LogP contribution is -2.11. The lowest BCUT2D eigenvalue weighted by molar-refractivity contribution is -0.713. The second kappa shape index (κ2) is 4.81. The van der Waals surface area contributed by atoms with E-state index < -0.39 is 12.8 Å². The van der Waals surface area contributed by atoms with E-state index in [1.165, 1.54) is 10.8 Å².